The summed E-state index contributed by atoms with van der Waals surface area (Å²) in [4.78, 5) is 12.3. The van der Waals surface area contributed by atoms with Gasteiger partial charge in [-0.05, 0) is 43.9 Å². The Balaban J connectivity index is 1.61. The Labute approximate surface area is 156 Å². The summed E-state index contributed by atoms with van der Waals surface area (Å²) in [6, 6.07) is 4.17. The number of halogens is 2. The molecule has 2 heterocycles. The predicted molar refractivity (Wildman–Crippen MR) is 96.1 cm³/mol. The summed E-state index contributed by atoms with van der Waals surface area (Å²) >= 11 is 0. The standard InChI is InChI=1S/C19H23F2N3O3/c1-11(2)10-24-13(4)15(12(3)23-24)6-8-18(25)22-14-5-7-16-17(9-14)27-19(20,21)26-16/h5,7,9,11H,6,8,10H2,1-4H3,(H,22,25). The van der Waals surface area contributed by atoms with Gasteiger partial charge in [0, 0.05) is 30.4 Å². The summed E-state index contributed by atoms with van der Waals surface area (Å²) in [6.45, 7) is 9.04. The molecule has 0 unspecified atom stereocenters. The molecule has 0 atom stereocenters. The normalized spacial score (nSPS) is 14.6. The van der Waals surface area contributed by atoms with Crippen LogP contribution in [0.5, 0.6) is 11.5 Å². The summed E-state index contributed by atoms with van der Waals surface area (Å²) in [5, 5.41) is 7.25. The average molecular weight is 379 g/mol. The molecule has 0 saturated carbocycles. The minimum Gasteiger partial charge on any atom is -0.395 e. The highest BCUT2D eigenvalue weighted by Gasteiger charge is 2.43. The van der Waals surface area contributed by atoms with Crippen LogP contribution in [0.4, 0.5) is 14.5 Å². The van der Waals surface area contributed by atoms with Gasteiger partial charge in [0.15, 0.2) is 11.5 Å². The van der Waals surface area contributed by atoms with Gasteiger partial charge in [0.2, 0.25) is 5.91 Å². The van der Waals surface area contributed by atoms with Gasteiger partial charge in [-0.25, -0.2) is 0 Å². The Bertz CT molecular complexity index is 862. The SMILES string of the molecule is Cc1nn(CC(C)C)c(C)c1CCC(=O)Nc1ccc2c(c1)OC(F)(F)O2. The fourth-order valence-corrected chi connectivity index (χ4v) is 3.11. The number of aromatic nitrogens is 2. The molecule has 1 aromatic heterocycles. The second-order valence-corrected chi connectivity index (χ2v) is 7.10. The summed E-state index contributed by atoms with van der Waals surface area (Å²) in [6.07, 6.45) is -2.85. The Morgan fingerprint density at radius 2 is 1.96 bits per heavy atom. The highest BCUT2D eigenvalue weighted by molar-refractivity contribution is 5.91. The number of hydrogen-bond acceptors (Lipinski definition) is 4. The zero-order valence-electron chi connectivity index (χ0n) is 15.8. The molecule has 27 heavy (non-hydrogen) atoms. The number of aryl methyl sites for hydroxylation is 1. The first kappa shape index (κ1) is 19.1. The summed E-state index contributed by atoms with van der Waals surface area (Å²) in [5.74, 6) is 0.120. The first-order valence-electron chi connectivity index (χ1n) is 8.87. The molecule has 0 aliphatic carbocycles. The van der Waals surface area contributed by atoms with Crippen molar-refractivity contribution in [2.75, 3.05) is 5.32 Å². The number of fused-ring (bicyclic) bond motifs is 1. The van der Waals surface area contributed by atoms with Crippen LogP contribution in [0.25, 0.3) is 0 Å². The molecule has 0 bridgehead atoms. The molecule has 6 nitrogen and oxygen atoms in total. The third-order valence-electron chi connectivity index (χ3n) is 4.36. The Kier molecular flexibility index (Phi) is 5.08. The second kappa shape index (κ2) is 7.17. The molecule has 3 rings (SSSR count). The first-order chi connectivity index (χ1) is 12.6. The minimum absolute atomic E-state index is 0.0539. The van der Waals surface area contributed by atoms with Gasteiger partial charge < -0.3 is 14.8 Å². The number of carbonyl (C=O) groups is 1. The van der Waals surface area contributed by atoms with E-state index in [4.69, 9.17) is 0 Å². The van der Waals surface area contributed by atoms with Gasteiger partial charge in [0.1, 0.15) is 0 Å². The molecule has 0 saturated heterocycles. The zero-order chi connectivity index (χ0) is 19.8. The lowest BCUT2D eigenvalue weighted by atomic mass is 10.1. The van der Waals surface area contributed by atoms with Crippen molar-refractivity contribution in [2.45, 2.75) is 53.4 Å². The Morgan fingerprint density at radius 3 is 2.67 bits per heavy atom. The van der Waals surface area contributed by atoms with Gasteiger partial charge in [-0.2, -0.15) is 5.10 Å². The van der Waals surface area contributed by atoms with Gasteiger partial charge in [0.05, 0.1) is 5.69 Å². The fraction of sp³-hybridized carbons (Fsp3) is 0.474. The number of nitrogens with zero attached hydrogens (tertiary/aromatic N) is 2. The second-order valence-electron chi connectivity index (χ2n) is 7.10. The molecule has 146 valence electrons. The molecule has 1 amide bonds. The molecular formula is C19H23F2N3O3. The third kappa shape index (κ3) is 4.37. The lowest BCUT2D eigenvalue weighted by Crippen LogP contribution is -2.25. The lowest BCUT2D eigenvalue weighted by molar-refractivity contribution is -0.286. The molecule has 0 fully saturated rings. The quantitative estimate of drug-likeness (QED) is 0.822. The molecule has 1 aromatic carbocycles. The number of ether oxygens (including phenoxy) is 2. The molecule has 1 aliphatic heterocycles. The van der Waals surface area contributed by atoms with E-state index in [1.807, 2.05) is 18.5 Å². The van der Waals surface area contributed by atoms with Gasteiger partial charge in [0.25, 0.3) is 0 Å². The van der Waals surface area contributed by atoms with E-state index in [1.165, 1.54) is 18.2 Å². The highest BCUT2D eigenvalue weighted by atomic mass is 19.3. The van der Waals surface area contributed by atoms with E-state index in [2.05, 4.69) is 33.7 Å². The van der Waals surface area contributed by atoms with Crippen molar-refractivity contribution in [3.05, 3.63) is 35.2 Å². The van der Waals surface area contributed by atoms with Crippen LogP contribution in [0.1, 0.15) is 37.2 Å². The molecule has 2 aromatic rings. The summed E-state index contributed by atoms with van der Waals surface area (Å²) in [5.41, 5.74) is 3.44. The molecule has 0 spiro atoms. The van der Waals surface area contributed by atoms with Crippen LogP contribution in [0.2, 0.25) is 0 Å². The fourth-order valence-electron chi connectivity index (χ4n) is 3.11. The van der Waals surface area contributed by atoms with Gasteiger partial charge in [-0.1, -0.05) is 13.8 Å². The Morgan fingerprint density at radius 1 is 1.26 bits per heavy atom. The number of rotatable bonds is 6. The number of nitrogens with one attached hydrogen (secondary N) is 1. The third-order valence-corrected chi connectivity index (χ3v) is 4.36. The van der Waals surface area contributed by atoms with Crippen LogP contribution in [-0.2, 0) is 17.8 Å². The maximum atomic E-state index is 13.1. The monoisotopic (exact) mass is 379 g/mol. The first-order valence-corrected chi connectivity index (χ1v) is 8.87. The van der Waals surface area contributed by atoms with Crippen molar-refractivity contribution >= 4 is 11.6 Å². The highest BCUT2D eigenvalue weighted by Crippen LogP contribution is 2.42. The Hall–Kier alpha value is -2.64. The van der Waals surface area contributed by atoms with Crippen LogP contribution < -0.4 is 14.8 Å². The van der Waals surface area contributed by atoms with E-state index < -0.39 is 6.29 Å². The van der Waals surface area contributed by atoms with Crippen molar-refractivity contribution in [3.8, 4) is 11.5 Å². The number of hydrogen-bond donors (Lipinski definition) is 1. The molecule has 0 radical (unpaired) electrons. The molecule has 8 heteroatoms. The van der Waals surface area contributed by atoms with E-state index in [0.717, 1.165) is 23.5 Å². The molecule has 1 aliphatic rings. The minimum atomic E-state index is -3.67. The van der Waals surface area contributed by atoms with Crippen molar-refractivity contribution in [1.29, 1.82) is 0 Å². The van der Waals surface area contributed by atoms with Gasteiger partial charge >= 0.3 is 6.29 Å². The smallest absolute Gasteiger partial charge is 0.395 e. The number of anilines is 1. The van der Waals surface area contributed by atoms with Gasteiger partial charge in [-0.3, -0.25) is 9.48 Å². The predicted octanol–water partition coefficient (Wildman–Crippen LogP) is 4.05. The maximum Gasteiger partial charge on any atom is 0.586 e. The largest absolute Gasteiger partial charge is 0.586 e. The number of carbonyl (C=O) groups excluding carboxylic acids is 1. The van der Waals surface area contributed by atoms with Crippen molar-refractivity contribution < 1.29 is 23.0 Å². The van der Waals surface area contributed by atoms with Crippen LogP contribution in [0.15, 0.2) is 18.2 Å². The van der Waals surface area contributed by atoms with Gasteiger partial charge in [-0.15, -0.1) is 8.78 Å². The van der Waals surface area contributed by atoms with E-state index >= 15 is 0 Å². The maximum absolute atomic E-state index is 13.1. The van der Waals surface area contributed by atoms with E-state index in [9.17, 15) is 13.6 Å². The number of benzene rings is 1. The van der Waals surface area contributed by atoms with E-state index in [0.29, 0.717) is 18.0 Å². The van der Waals surface area contributed by atoms with Crippen LogP contribution in [0.3, 0.4) is 0 Å². The zero-order valence-corrected chi connectivity index (χ0v) is 15.8. The topological polar surface area (TPSA) is 65.4 Å². The summed E-state index contributed by atoms with van der Waals surface area (Å²) < 4.78 is 36.8. The van der Waals surface area contributed by atoms with Crippen LogP contribution in [0, 0.1) is 19.8 Å². The van der Waals surface area contributed by atoms with E-state index in [1.54, 1.807) is 0 Å². The summed E-state index contributed by atoms with van der Waals surface area (Å²) in [7, 11) is 0. The van der Waals surface area contributed by atoms with Crippen molar-refractivity contribution in [2.24, 2.45) is 5.92 Å². The van der Waals surface area contributed by atoms with E-state index in [-0.39, 0.29) is 23.8 Å². The number of amides is 1. The average Bonchev–Trinajstić information content (AvgIpc) is 2.99. The lowest BCUT2D eigenvalue weighted by Gasteiger charge is -2.08. The van der Waals surface area contributed by atoms with Crippen molar-refractivity contribution in [1.82, 2.24) is 9.78 Å². The molecule has 1 N–H and O–H groups in total. The molecular weight excluding hydrogens is 356 g/mol. The van der Waals surface area contributed by atoms with Crippen LogP contribution >= 0.6 is 0 Å². The van der Waals surface area contributed by atoms with Crippen molar-refractivity contribution in [3.63, 3.8) is 0 Å². The van der Waals surface area contributed by atoms with Crippen LogP contribution in [-0.4, -0.2) is 22.0 Å². The number of alkyl halides is 2.